The number of rotatable bonds is 2. The van der Waals surface area contributed by atoms with Gasteiger partial charge >= 0.3 is 0 Å². The molecule has 1 heterocycles. The number of ether oxygens (including phenoxy) is 1. The van der Waals surface area contributed by atoms with Crippen LogP contribution in [0.15, 0.2) is 30.6 Å². The van der Waals surface area contributed by atoms with Crippen molar-refractivity contribution in [3.63, 3.8) is 0 Å². The predicted molar refractivity (Wildman–Crippen MR) is 63.3 cm³/mol. The van der Waals surface area contributed by atoms with Gasteiger partial charge in [0, 0.05) is 11.1 Å². The molecule has 0 atom stereocenters. The summed E-state index contributed by atoms with van der Waals surface area (Å²) in [4.78, 5) is 7.73. The zero-order chi connectivity index (χ0) is 12.3. The first-order valence-corrected chi connectivity index (χ1v) is 5.29. The molecule has 0 fully saturated rings. The van der Waals surface area contributed by atoms with Crippen molar-refractivity contribution in [3.8, 4) is 17.7 Å². The molecule has 84 valence electrons. The number of hydrogen-bond donors (Lipinski definition) is 0. The van der Waals surface area contributed by atoms with Gasteiger partial charge in [0.05, 0.1) is 17.4 Å². The van der Waals surface area contributed by atoms with Crippen molar-refractivity contribution in [1.29, 1.82) is 5.26 Å². The third kappa shape index (κ3) is 2.84. The Morgan fingerprint density at radius 3 is 2.65 bits per heavy atom. The van der Waals surface area contributed by atoms with E-state index >= 15 is 0 Å². The summed E-state index contributed by atoms with van der Waals surface area (Å²) in [6, 6.07) is 6.71. The fourth-order valence-electron chi connectivity index (χ4n) is 1.09. The van der Waals surface area contributed by atoms with Crippen molar-refractivity contribution in [1.82, 2.24) is 9.97 Å². The molecule has 6 heteroatoms. The molecule has 0 aliphatic carbocycles. The third-order valence-corrected chi connectivity index (χ3v) is 2.40. The number of nitriles is 1. The zero-order valence-corrected chi connectivity index (χ0v) is 9.90. The van der Waals surface area contributed by atoms with E-state index in [0.29, 0.717) is 15.8 Å². The Hall–Kier alpha value is -1.83. The van der Waals surface area contributed by atoms with Crippen molar-refractivity contribution >= 4 is 23.2 Å². The quantitative estimate of drug-likeness (QED) is 0.835. The van der Waals surface area contributed by atoms with Gasteiger partial charge in [0.25, 0.3) is 0 Å². The van der Waals surface area contributed by atoms with Crippen LogP contribution in [0.2, 0.25) is 10.0 Å². The summed E-state index contributed by atoms with van der Waals surface area (Å²) < 4.78 is 5.39. The van der Waals surface area contributed by atoms with Gasteiger partial charge in [-0.25, -0.2) is 9.97 Å². The summed E-state index contributed by atoms with van der Waals surface area (Å²) in [5.74, 6) is 0.631. The SMILES string of the molecule is N#Cc1cnc(Oc2cc(Cl)ccc2Cl)cn1. The number of hydrogen-bond acceptors (Lipinski definition) is 4. The number of benzene rings is 1. The fraction of sp³-hybridized carbons (Fsp3) is 0. The Kier molecular flexibility index (Phi) is 3.43. The average molecular weight is 266 g/mol. The van der Waals surface area contributed by atoms with Gasteiger partial charge in [0.2, 0.25) is 5.88 Å². The van der Waals surface area contributed by atoms with Crippen molar-refractivity contribution < 1.29 is 4.74 Å². The smallest absolute Gasteiger partial charge is 0.237 e. The highest BCUT2D eigenvalue weighted by Gasteiger charge is 2.05. The molecule has 0 aliphatic heterocycles. The second-order valence-corrected chi connectivity index (χ2v) is 3.87. The highest BCUT2D eigenvalue weighted by molar-refractivity contribution is 6.34. The van der Waals surface area contributed by atoms with E-state index in [-0.39, 0.29) is 11.6 Å². The van der Waals surface area contributed by atoms with Gasteiger partial charge in [-0.3, -0.25) is 0 Å². The first-order valence-electron chi connectivity index (χ1n) is 4.54. The second-order valence-electron chi connectivity index (χ2n) is 3.03. The Bertz CT molecular complexity index is 578. The lowest BCUT2D eigenvalue weighted by molar-refractivity contribution is 0.460. The van der Waals surface area contributed by atoms with E-state index in [1.54, 1.807) is 18.2 Å². The van der Waals surface area contributed by atoms with Gasteiger partial charge in [0.1, 0.15) is 11.8 Å². The maximum Gasteiger partial charge on any atom is 0.237 e. The lowest BCUT2D eigenvalue weighted by atomic mass is 10.3. The van der Waals surface area contributed by atoms with Gasteiger partial charge < -0.3 is 4.74 Å². The maximum absolute atomic E-state index is 8.57. The van der Waals surface area contributed by atoms with Crippen LogP contribution in [-0.2, 0) is 0 Å². The van der Waals surface area contributed by atoms with Gasteiger partial charge in [-0.2, -0.15) is 5.26 Å². The molecule has 4 nitrogen and oxygen atoms in total. The van der Waals surface area contributed by atoms with Gasteiger partial charge in [-0.15, -0.1) is 0 Å². The van der Waals surface area contributed by atoms with Crippen LogP contribution < -0.4 is 4.74 Å². The normalized spacial score (nSPS) is 9.71. The molecular formula is C11H5Cl2N3O. The number of halogens is 2. The topological polar surface area (TPSA) is 58.8 Å². The van der Waals surface area contributed by atoms with E-state index in [4.69, 9.17) is 33.2 Å². The van der Waals surface area contributed by atoms with Crippen molar-refractivity contribution in [2.24, 2.45) is 0 Å². The Balaban J connectivity index is 2.25. The first-order chi connectivity index (χ1) is 8.19. The molecular weight excluding hydrogens is 261 g/mol. The van der Waals surface area contributed by atoms with E-state index < -0.39 is 0 Å². The van der Waals surface area contributed by atoms with Crippen molar-refractivity contribution in [2.75, 3.05) is 0 Å². The molecule has 1 aromatic heterocycles. The van der Waals surface area contributed by atoms with Gasteiger partial charge in [-0.05, 0) is 12.1 Å². The van der Waals surface area contributed by atoms with E-state index in [9.17, 15) is 0 Å². The number of nitrogens with zero attached hydrogens (tertiary/aromatic N) is 3. The molecule has 0 spiro atoms. The van der Waals surface area contributed by atoms with E-state index in [1.165, 1.54) is 12.4 Å². The molecule has 2 rings (SSSR count). The summed E-state index contributed by atoms with van der Waals surface area (Å²) in [5.41, 5.74) is 0.217. The second kappa shape index (κ2) is 5.00. The minimum absolute atomic E-state index is 0.217. The van der Waals surface area contributed by atoms with Crippen molar-refractivity contribution in [3.05, 3.63) is 46.3 Å². The summed E-state index contributed by atoms with van der Waals surface area (Å²) in [5, 5.41) is 9.49. The Morgan fingerprint density at radius 1 is 1.18 bits per heavy atom. The molecule has 0 bridgehead atoms. The van der Waals surface area contributed by atoms with Crippen LogP contribution in [0.4, 0.5) is 0 Å². The van der Waals surface area contributed by atoms with Crippen LogP contribution in [0.3, 0.4) is 0 Å². The Labute approximate surface area is 107 Å². The average Bonchev–Trinajstić information content (AvgIpc) is 2.35. The minimum atomic E-state index is 0.217. The van der Waals surface area contributed by atoms with Crippen molar-refractivity contribution in [2.45, 2.75) is 0 Å². The van der Waals surface area contributed by atoms with Crippen LogP contribution in [0.1, 0.15) is 5.69 Å². The maximum atomic E-state index is 8.57. The van der Waals surface area contributed by atoms with Crippen LogP contribution in [0, 0.1) is 11.3 Å². The molecule has 0 amide bonds. The fourth-order valence-corrected chi connectivity index (χ4v) is 1.41. The van der Waals surface area contributed by atoms with E-state index in [2.05, 4.69) is 9.97 Å². The predicted octanol–water partition coefficient (Wildman–Crippen LogP) is 3.45. The summed E-state index contributed by atoms with van der Waals surface area (Å²) in [6.07, 6.45) is 2.66. The van der Waals surface area contributed by atoms with Crippen LogP contribution in [0.5, 0.6) is 11.6 Å². The highest BCUT2D eigenvalue weighted by Crippen LogP contribution is 2.30. The lowest BCUT2D eigenvalue weighted by Gasteiger charge is -2.06. The van der Waals surface area contributed by atoms with Crippen LogP contribution >= 0.6 is 23.2 Å². The van der Waals surface area contributed by atoms with Gasteiger partial charge in [0.15, 0.2) is 5.69 Å². The first kappa shape index (κ1) is 11.6. The molecule has 1 aromatic carbocycles. The van der Waals surface area contributed by atoms with E-state index in [1.807, 2.05) is 6.07 Å². The molecule has 0 aliphatic rings. The highest BCUT2D eigenvalue weighted by atomic mass is 35.5. The molecule has 17 heavy (non-hydrogen) atoms. The number of aromatic nitrogens is 2. The summed E-state index contributed by atoms with van der Waals surface area (Å²) >= 11 is 11.7. The monoisotopic (exact) mass is 265 g/mol. The molecule has 0 N–H and O–H groups in total. The zero-order valence-electron chi connectivity index (χ0n) is 8.39. The molecule has 0 saturated carbocycles. The summed E-state index contributed by atoms with van der Waals surface area (Å²) in [7, 11) is 0. The van der Waals surface area contributed by atoms with Crippen LogP contribution in [-0.4, -0.2) is 9.97 Å². The minimum Gasteiger partial charge on any atom is -0.436 e. The standard InChI is InChI=1S/C11H5Cl2N3O/c12-7-1-2-9(13)10(3-7)17-11-6-15-8(4-14)5-16-11/h1-3,5-6H. The molecule has 0 radical (unpaired) electrons. The largest absolute Gasteiger partial charge is 0.436 e. The Morgan fingerprint density at radius 2 is 2.00 bits per heavy atom. The van der Waals surface area contributed by atoms with Crippen LogP contribution in [0.25, 0.3) is 0 Å². The lowest BCUT2D eigenvalue weighted by Crippen LogP contribution is -1.91. The molecule has 2 aromatic rings. The van der Waals surface area contributed by atoms with E-state index in [0.717, 1.165) is 0 Å². The molecule has 0 saturated heterocycles. The third-order valence-electron chi connectivity index (χ3n) is 1.85. The molecule has 0 unspecified atom stereocenters. The summed E-state index contributed by atoms with van der Waals surface area (Å²) in [6.45, 7) is 0. The van der Waals surface area contributed by atoms with Gasteiger partial charge in [-0.1, -0.05) is 23.2 Å².